The minimum absolute atomic E-state index is 1.06. The van der Waals surface area contributed by atoms with Gasteiger partial charge in [0.05, 0.1) is 0 Å². The number of piperidine rings is 1. The molecular formula is C25H35N. The highest BCUT2D eigenvalue weighted by molar-refractivity contribution is 5.70. The van der Waals surface area contributed by atoms with Crippen molar-refractivity contribution >= 4 is 0 Å². The number of rotatable bonds is 3. The third-order valence-corrected chi connectivity index (χ3v) is 6.02. The Kier molecular flexibility index (Phi) is 7.32. The average Bonchev–Trinajstić information content (AvgIpc) is 3.17. The molecule has 0 radical (unpaired) electrons. The lowest BCUT2D eigenvalue weighted by atomic mass is 9.97. The lowest BCUT2D eigenvalue weighted by molar-refractivity contribution is 0.196. The molecule has 0 aromatic heterocycles. The first-order valence-electron chi connectivity index (χ1n) is 10.6. The number of likely N-dealkylation sites (tertiary alicyclic amines) is 1. The first-order chi connectivity index (χ1) is 12.7. The molecular weight excluding hydrogens is 314 g/mol. The fraction of sp³-hybridized carbons (Fsp3) is 0.520. The van der Waals surface area contributed by atoms with Crippen molar-refractivity contribution in [3.05, 3.63) is 59.7 Å². The van der Waals surface area contributed by atoms with Crippen LogP contribution in [0.2, 0.25) is 0 Å². The highest BCUT2D eigenvalue weighted by Crippen LogP contribution is 2.27. The van der Waals surface area contributed by atoms with E-state index in [1.807, 2.05) is 0 Å². The van der Waals surface area contributed by atoms with Gasteiger partial charge in [-0.3, -0.25) is 0 Å². The van der Waals surface area contributed by atoms with Crippen LogP contribution < -0.4 is 0 Å². The van der Waals surface area contributed by atoms with E-state index in [0.29, 0.717) is 0 Å². The Hall–Kier alpha value is -1.60. The topological polar surface area (TPSA) is 3.24 Å². The van der Waals surface area contributed by atoms with Gasteiger partial charge in [-0.05, 0) is 80.8 Å². The Morgan fingerprint density at radius 1 is 0.692 bits per heavy atom. The maximum atomic E-state index is 2.69. The number of hydrogen-bond acceptors (Lipinski definition) is 1. The summed E-state index contributed by atoms with van der Waals surface area (Å²) in [4.78, 5) is 2.69. The van der Waals surface area contributed by atoms with E-state index >= 15 is 0 Å². The van der Waals surface area contributed by atoms with Crippen LogP contribution in [0.1, 0.15) is 56.1 Å². The molecule has 1 saturated carbocycles. The second kappa shape index (κ2) is 9.92. The van der Waals surface area contributed by atoms with Crippen LogP contribution in [0.5, 0.6) is 0 Å². The summed E-state index contributed by atoms with van der Waals surface area (Å²) in [5.74, 6) is 1.06. The molecule has 1 saturated heterocycles. The fourth-order valence-corrected chi connectivity index (χ4v) is 4.45. The quantitative estimate of drug-likeness (QED) is 0.601. The van der Waals surface area contributed by atoms with Crippen molar-refractivity contribution in [1.29, 1.82) is 0 Å². The van der Waals surface area contributed by atoms with Crippen LogP contribution in [-0.4, -0.2) is 24.5 Å². The summed E-state index contributed by atoms with van der Waals surface area (Å²) >= 11 is 0. The molecule has 0 bridgehead atoms. The van der Waals surface area contributed by atoms with E-state index < -0.39 is 0 Å². The maximum absolute atomic E-state index is 2.69. The molecule has 26 heavy (non-hydrogen) atoms. The molecule has 0 spiro atoms. The third-order valence-electron chi connectivity index (χ3n) is 6.02. The van der Waals surface area contributed by atoms with Crippen molar-refractivity contribution in [1.82, 2.24) is 4.90 Å². The molecule has 2 aromatic carbocycles. The zero-order valence-electron chi connectivity index (χ0n) is 16.7. The Labute approximate surface area is 160 Å². The van der Waals surface area contributed by atoms with Crippen molar-refractivity contribution in [2.75, 3.05) is 19.6 Å². The molecule has 2 aliphatic rings. The lowest BCUT2D eigenvalue weighted by Crippen LogP contribution is -2.33. The first kappa shape index (κ1) is 19.2. The van der Waals surface area contributed by atoms with Crippen LogP contribution in [0, 0.1) is 19.8 Å². The van der Waals surface area contributed by atoms with Gasteiger partial charge in [-0.25, -0.2) is 0 Å². The SMILES string of the molecule is C1CCN(CC2CCCC2)CC1.Cc1ccccc1-c1ccccc1C. The standard InChI is InChI=1S/C14H14.C11H21N/c1-11-7-3-5-9-13(11)14-10-6-4-8-12(14)2;1-4-8-12(9-5-1)10-11-6-2-3-7-11/h3-10H,1-2H3;11H,1-10H2. The Balaban J connectivity index is 0.000000152. The van der Waals surface area contributed by atoms with Gasteiger partial charge in [0.2, 0.25) is 0 Å². The second-order valence-electron chi connectivity index (χ2n) is 8.14. The maximum Gasteiger partial charge on any atom is 0.000965 e. The zero-order valence-corrected chi connectivity index (χ0v) is 16.7. The minimum Gasteiger partial charge on any atom is -0.303 e. The second-order valence-corrected chi connectivity index (χ2v) is 8.14. The minimum atomic E-state index is 1.06. The molecule has 140 valence electrons. The number of nitrogens with zero attached hydrogens (tertiary/aromatic N) is 1. The molecule has 0 amide bonds. The van der Waals surface area contributed by atoms with Crippen LogP contribution in [0.25, 0.3) is 11.1 Å². The van der Waals surface area contributed by atoms with Crippen molar-refractivity contribution < 1.29 is 0 Å². The van der Waals surface area contributed by atoms with Crippen molar-refractivity contribution in [3.8, 4) is 11.1 Å². The number of aryl methyl sites for hydroxylation is 2. The monoisotopic (exact) mass is 349 g/mol. The van der Waals surface area contributed by atoms with E-state index in [1.54, 1.807) is 0 Å². The van der Waals surface area contributed by atoms with Crippen molar-refractivity contribution in [2.45, 2.75) is 58.8 Å². The zero-order chi connectivity index (χ0) is 18.2. The van der Waals surface area contributed by atoms with Gasteiger partial charge in [-0.2, -0.15) is 0 Å². The van der Waals surface area contributed by atoms with Crippen molar-refractivity contribution in [3.63, 3.8) is 0 Å². The van der Waals surface area contributed by atoms with E-state index in [0.717, 1.165) is 5.92 Å². The summed E-state index contributed by atoms with van der Waals surface area (Å²) in [6.45, 7) is 8.50. The Bertz CT molecular complexity index is 620. The molecule has 0 N–H and O–H groups in total. The molecule has 2 fully saturated rings. The lowest BCUT2D eigenvalue weighted by Gasteiger charge is -2.28. The first-order valence-corrected chi connectivity index (χ1v) is 10.6. The van der Waals surface area contributed by atoms with E-state index in [4.69, 9.17) is 0 Å². The molecule has 1 heteroatoms. The van der Waals surface area contributed by atoms with E-state index in [1.165, 1.54) is 86.8 Å². The van der Waals surface area contributed by atoms with E-state index in [-0.39, 0.29) is 0 Å². The van der Waals surface area contributed by atoms with Gasteiger partial charge >= 0.3 is 0 Å². The summed E-state index contributed by atoms with van der Waals surface area (Å²) in [6.07, 6.45) is 10.4. The molecule has 1 aliphatic heterocycles. The van der Waals surface area contributed by atoms with Crippen LogP contribution in [-0.2, 0) is 0 Å². The molecule has 2 aromatic rings. The third kappa shape index (κ3) is 5.45. The van der Waals surface area contributed by atoms with Crippen LogP contribution in [0.4, 0.5) is 0 Å². The fourth-order valence-electron chi connectivity index (χ4n) is 4.45. The van der Waals surface area contributed by atoms with Crippen LogP contribution in [0.3, 0.4) is 0 Å². The number of benzene rings is 2. The summed E-state index contributed by atoms with van der Waals surface area (Å²) < 4.78 is 0. The normalized spacial score (nSPS) is 18.4. The summed E-state index contributed by atoms with van der Waals surface area (Å²) in [5, 5.41) is 0. The predicted octanol–water partition coefficient (Wildman–Crippen LogP) is 6.63. The molecule has 1 aliphatic carbocycles. The van der Waals surface area contributed by atoms with Gasteiger partial charge in [0.25, 0.3) is 0 Å². The largest absolute Gasteiger partial charge is 0.303 e. The Morgan fingerprint density at radius 2 is 1.19 bits per heavy atom. The van der Waals surface area contributed by atoms with Gasteiger partial charge in [-0.15, -0.1) is 0 Å². The summed E-state index contributed by atoms with van der Waals surface area (Å²) in [7, 11) is 0. The molecule has 0 atom stereocenters. The number of hydrogen-bond donors (Lipinski definition) is 0. The predicted molar refractivity (Wildman–Crippen MR) is 114 cm³/mol. The smallest absolute Gasteiger partial charge is 0.000965 e. The van der Waals surface area contributed by atoms with Gasteiger partial charge in [0, 0.05) is 6.54 Å². The van der Waals surface area contributed by atoms with E-state index in [9.17, 15) is 0 Å². The van der Waals surface area contributed by atoms with Crippen molar-refractivity contribution in [2.24, 2.45) is 5.92 Å². The Morgan fingerprint density at radius 3 is 1.69 bits per heavy atom. The summed E-state index contributed by atoms with van der Waals surface area (Å²) in [5.41, 5.74) is 5.35. The van der Waals surface area contributed by atoms with Crippen LogP contribution >= 0.6 is 0 Å². The average molecular weight is 350 g/mol. The summed E-state index contributed by atoms with van der Waals surface area (Å²) in [6, 6.07) is 17.0. The van der Waals surface area contributed by atoms with Gasteiger partial charge in [0.15, 0.2) is 0 Å². The van der Waals surface area contributed by atoms with Gasteiger partial charge < -0.3 is 4.90 Å². The highest BCUT2D eigenvalue weighted by atomic mass is 15.1. The van der Waals surface area contributed by atoms with Crippen LogP contribution in [0.15, 0.2) is 48.5 Å². The van der Waals surface area contributed by atoms with Gasteiger partial charge in [-0.1, -0.05) is 67.8 Å². The van der Waals surface area contributed by atoms with E-state index in [2.05, 4.69) is 67.3 Å². The molecule has 1 nitrogen and oxygen atoms in total. The van der Waals surface area contributed by atoms with Gasteiger partial charge in [0.1, 0.15) is 0 Å². The highest BCUT2D eigenvalue weighted by Gasteiger charge is 2.19. The molecule has 4 rings (SSSR count). The molecule has 1 heterocycles. The molecule has 0 unspecified atom stereocenters.